The van der Waals surface area contributed by atoms with Gasteiger partial charge in [0.1, 0.15) is 5.78 Å². The maximum absolute atomic E-state index is 11.8. The van der Waals surface area contributed by atoms with Gasteiger partial charge >= 0.3 is 0 Å². The van der Waals surface area contributed by atoms with Crippen LogP contribution in [0.5, 0.6) is 0 Å². The first-order valence-corrected chi connectivity index (χ1v) is 7.65. The highest BCUT2D eigenvalue weighted by atomic mass is 16.7. The van der Waals surface area contributed by atoms with Gasteiger partial charge in [-0.2, -0.15) is 0 Å². The molecule has 0 aromatic rings. The highest BCUT2D eigenvalue weighted by Crippen LogP contribution is 2.10. The van der Waals surface area contributed by atoms with Crippen molar-refractivity contribution in [3.05, 3.63) is 0 Å². The van der Waals surface area contributed by atoms with E-state index in [1.165, 1.54) is 0 Å². The van der Waals surface area contributed by atoms with E-state index < -0.39 is 0 Å². The van der Waals surface area contributed by atoms with Crippen molar-refractivity contribution in [1.29, 1.82) is 0 Å². The molecule has 0 aliphatic rings. The largest absolute Gasteiger partial charge is 0.353 e. The average Bonchev–Trinajstić information content (AvgIpc) is 2.43. The summed E-state index contributed by atoms with van der Waals surface area (Å²) in [7, 11) is 0. The van der Waals surface area contributed by atoms with E-state index in [1.54, 1.807) is 0 Å². The number of carbonyl (C=O) groups is 1. The van der Waals surface area contributed by atoms with Gasteiger partial charge in [-0.3, -0.25) is 4.79 Å². The molecule has 0 fully saturated rings. The molecule has 0 aromatic carbocycles. The van der Waals surface area contributed by atoms with Crippen molar-refractivity contribution in [2.45, 2.75) is 66.0 Å². The monoisotopic (exact) mass is 290 g/mol. The zero-order chi connectivity index (χ0) is 15.2. The fraction of sp³-hybridized carbons (Fsp3) is 0.933. The third-order valence-electron chi connectivity index (χ3n) is 2.73. The lowest BCUT2D eigenvalue weighted by Gasteiger charge is -2.18. The fourth-order valence-electron chi connectivity index (χ4n) is 1.86. The Morgan fingerprint density at radius 3 is 1.25 bits per heavy atom. The van der Waals surface area contributed by atoms with Crippen molar-refractivity contribution in [2.24, 2.45) is 0 Å². The summed E-state index contributed by atoms with van der Waals surface area (Å²) in [4.78, 5) is 11.8. The van der Waals surface area contributed by atoms with E-state index in [1.807, 2.05) is 27.7 Å². The van der Waals surface area contributed by atoms with Crippen LogP contribution in [-0.2, 0) is 23.7 Å². The molecule has 0 radical (unpaired) electrons. The van der Waals surface area contributed by atoms with Crippen molar-refractivity contribution in [1.82, 2.24) is 0 Å². The number of carbonyl (C=O) groups excluding carboxylic acids is 1. The van der Waals surface area contributed by atoms with E-state index in [9.17, 15) is 4.79 Å². The Labute approximate surface area is 122 Å². The average molecular weight is 290 g/mol. The van der Waals surface area contributed by atoms with Crippen LogP contribution < -0.4 is 0 Å². The Hall–Kier alpha value is -0.490. The molecule has 0 saturated heterocycles. The van der Waals surface area contributed by atoms with Gasteiger partial charge in [-0.15, -0.1) is 0 Å². The van der Waals surface area contributed by atoms with E-state index in [-0.39, 0.29) is 18.4 Å². The van der Waals surface area contributed by atoms with Gasteiger partial charge < -0.3 is 18.9 Å². The minimum absolute atomic E-state index is 0.193. The van der Waals surface area contributed by atoms with E-state index in [4.69, 9.17) is 18.9 Å². The standard InChI is InChI=1S/C15H30O5/c1-5-17-14(18-6-2)11-9-13(16)10-12-15(19-7-3)20-8-4/h14-15H,5-12H2,1-4H3. The lowest BCUT2D eigenvalue weighted by molar-refractivity contribution is -0.149. The van der Waals surface area contributed by atoms with Crippen LogP contribution in [0.1, 0.15) is 53.4 Å². The van der Waals surface area contributed by atoms with Gasteiger partial charge in [0.2, 0.25) is 0 Å². The summed E-state index contributed by atoms with van der Waals surface area (Å²) in [6.45, 7) is 10.0. The number of ether oxygens (including phenoxy) is 4. The first kappa shape index (κ1) is 19.5. The van der Waals surface area contributed by atoms with Crippen molar-refractivity contribution >= 4 is 5.78 Å². The predicted octanol–water partition coefficient (Wildman–Crippen LogP) is 2.91. The van der Waals surface area contributed by atoms with Crippen LogP contribution in [0, 0.1) is 0 Å². The van der Waals surface area contributed by atoms with Crippen LogP contribution in [0.3, 0.4) is 0 Å². The molecule has 5 nitrogen and oxygen atoms in total. The van der Waals surface area contributed by atoms with Crippen molar-refractivity contribution in [2.75, 3.05) is 26.4 Å². The number of hydrogen-bond donors (Lipinski definition) is 0. The Kier molecular flexibility index (Phi) is 13.2. The quantitative estimate of drug-likeness (QED) is 0.460. The van der Waals surface area contributed by atoms with Gasteiger partial charge in [0, 0.05) is 52.1 Å². The third-order valence-corrected chi connectivity index (χ3v) is 2.73. The molecular formula is C15H30O5. The second-order valence-electron chi connectivity index (χ2n) is 4.30. The molecule has 0 rings (SSSR count). The molecule has 0 aromatic heterocycles. The molecule has 0 saturated carbocycles. The third kappa shape index (κ3) is 10.3. The summed E-state index contributed by atoms with van der Waals surface area (Å²) in [6, 6.07) is 0. The molecule has 0 amide bonds. The number of ketones is 1. The topological polar surface area (TPSA) is 54.0 Å². The zero-order valence-electron chi connectivity index (χ0n) is 13.4. The second-order valence-corrected chi connectivity index (χ2v) is 4.30. The van der Waals surface area contributed by atoms with Crippen molar-refractivity contribution in [3.8, 4) is 0 Å². The summed E-state index contributed by atoms with van der Waals surface area (Å²) < 4.78 is 21.6. The van der Waals surface area contributed by atoms with Crippen molar-refractivity contribution < 1.29 is 23.7 Å². The van der Waals surface area contributed by atoms with Crippen molar-refractivity contribution in [3.63, 3.8) is 0 Å². The molecule has 0 spiro atoms. The normalized spacial score (nSPS) is 11.5. The first-order valence-electron chi connectivity index (χ1n) is 7.65. The van der Waals surface area contributed by atoms with Gasteiger partial charge in [0.25, 0.3) is 0 Å². The molecular weight excluding hydrogens is 260 g/mol. The predicted molar refractivity (Wildman–Crippen MR) is 77.6 cm³/mol. The van der Waals surface area contributed by atoms with Crippen LogP contribution in [0.2, 0.25) is 0 Å². The fourth-order valence-corrected chi connectivity index (χ4v) is 1.86. The molecule has 0 aliphatic carbocycles. The summed E-state index contributed by atoms with van der Waals surface area (Å²) in [5.74, 6) is 0.193. The Morgan fingerprint density at radius 1 is 0.700 bits per heavy atom. The highest BCUT2D eigenvalue weighted by molar-refractivity contribution is 5.78. The lowest BCUT2D eigenvalue weighted by Crippen LogP contribution is -2.21. The maximum atomic E-state index is 11.8. The second kappa shape index (κ2) is 13.5. The van der Waals surface area contributed by atoms with Crippen LogP contribution >= 0.6 is 0 Å². The minimum atomic E-state index is -0.275. The van der Waals surface area contributed by atoms with E-state index >= 15 is 0 Å². The zero-order valence-corrected chi connectivity index (χ0v) is 13.4. The molecule has 0 unspecified atom stereocenters. The maximum Gasteiger partial charge on any atom is 0.157 e. The minimum Gasteiger partial charge on any atom is -0.353 e. The Bertz CT molecular complexity index is 198. The van der Waals surface area contributed by atoms with Gasteiger partial charge in [-0.1, -0.05) is 0 Å². The lowest BCUT2D eigenvalue weighted by atomic mass is 10.1. The summed E-state index contributed by atoms with van der Waals surface area (Å²) in [5, 5.41) is 0. The molecule has 0 atom stereocenters. The van der Waals surface area contributed by atoms with Crippen LogP contribution in [0.4, 0.5) is 0 Å². The van der Waals surface area contributed by atoms with Crippen LogP contribution in [0.25, 0.3) is 0 Å². The van der Waals surface area contributed by atoms with E-state index in [0.29, 0.717) is 52.1 Å². The molecule has 0 aliphatic heterocycles. The SMILES string of the molecule is CCOC(CCC(=O)CCC(OCC)OCC)OCC. The highest BCUT2D eigenvalue weighted by Gasteiger charge is 2.14. The number of rotatable bonds is 14. The van der Waals surface area contributed by atoms with Gasteiger partial charge in [-0.25, -0.2) is 0 Å². The van der Waals surface area contributed by atoms with Crippen LogP contribution in [0.15, 0.2) is 0 Å². The smallest absolute Gasteiger partial charge is 0.157 e. The molecule has 20 heavy (non-hydrogen) atoms. The van der Waals surface area contributed by atoms with Gasteiger partial charge in [-0.05, 0) is 27.7 Å². The number of hydrogen-bond acceptors (Lipinski definition) is 5. The Morgan fingerprint density at radius 2 is 1.00 bits per heavy atom. The van der Waals surface area contributed by atoms with Crippen LogP contribution in [-0.4, -0.2) is 44.8 Å². The number of Topliss-reactive ketones (excluding diaryl/α,β-unsaturated/α-hetero) is 1. The summed E-state index contributed by atoms with van der Waals surface area (Å²) >= 11 is 0. The van der Waals surface area contributed by atoms with Gasteiger partial charge in [0.05, 0.1) is 0 Å². The molecule has 0 heterocycles. The van der Waals surface area contributed by atoms with E-state index in [0.717, 1.165) is 0 Å². The molecule has 0 bridgehead atoms. The summed E-state index contributed by atoms with van der Waals surface area (Å²) in [6.07, 6.45) is 1.60. The van der Waals surface area contributed by atoms with E-state index in [2.05, 4.69) is 0 Å². The Balaban J connectivity index is 3.89. The van der Waals surface area contributed by atoms with Gasteiger partial charge in [0.15, 0.2) is 12.6 Å². The molecule has 0 N–H and O–H groups in total. The summed E-state index contributed by atoms with van der Waals surface area (Å²) in [5.41, 5.74) is 0. The molecule has 120 valence electrons. The first-order chi connectivity index (χ1) is 9.67. The molecule has 5 heteroatoms.